The van der Waals surface area contributed by atoms with Gasteiger partial charge in [-0.05, 0) is 61.7 Å². The zero-order valence-electron chi connectivity index (χ0n) is 14.2. The Bertz CT molecular complexity index is 470. The van der Waals surface area contributed by atoms with Crippen molar-refractivity contribution in [2.24, 2.45) is 41.4 Å². The minimum absolute atomic E-state index is 0.0868. The van der Waals surface area contributed by atoms with Crippen molar-refractivity contribution in [1.82, 2.24) is 0 Å². The van der Waals surface area contributed by atoms with Crippen LogP contribution in [-0.2, 0) is 9.53 Å². The molecule has 1 saturated heterocycles. The fourth-order valence-corrected chi connectivity index (χ4v) is 6.02. The maximum Gasteiger partial charge on any atom is 0.309 e. The smallest absolute Gasteiger partial charge is 0.309 e. The monoisotopic (exact) mass is 416 g/mol. The maximum absolute atomic E-state index is 12.7. The van der Waals surface area contributed by atoms with Gasteiger partial charge in [-0.3, -0.25) is 4.79 Å². The first-order valence-corrected chi connectivity index (χ1v) is 10.4. The fourth-order valence-electron chi connectivity index (χ4n) is 5.36. The Morgan fingerprint density at radius 1 is 1.27 bits per heavy atom. The summed E-state index contributed by atoms with van der Waals surface area (Å²) in [7, 11) is 0. The normalized spacial score (nSPS) is 42.5. The Labute approximate surface area is 148 Å². The summed E-state index contributed by atoms with van der Waals surface area (Å²) in [5.41, 5.74) is 1.50. The van der Waals surface area contributed by atoms with Crippen molar-refractivity contribution < 1.29 is 9.53 Å². The van der Waals surface area contributed by atoms with Crippen molar-refractivity contribution in [3.05, 3.63) is 11.6 Å². The van der Waals surface area contributed by atoms with Crippen molar-refractivity contribution in [2.75, 3.05) is 4.43 Å². The van der Waals surface area contributed by atoms with Crippen LogP contribution in [0.3, 0.4) is 0 Å². The van der Waals surface area contributed by atoms with Crippen molar-refractivity contribution in [2.45, 2.75) is 53.1 Å². The van der Waals surface area contributed by atoms with E-state index in [1.165, 1.54) is 10.0 Å². The highest BCUT2D eigenvalue weighted by atomic mass is 127. The highest BCUT2D eigenvalue weighted by Gasteiger charge is 2.51. The number of halogens is 1. The third-order valence-corrected chi connectivity index (χ3v) is 7.74. The van der Waals surface area contributed by atoms with E-state index in [0.29, 0.717) is 35.5 Å². The predicted octanol–water partition coefficient (Wildman–Crippen LogP) is 4.86. The molecule has 3 aliphatic rings. The van der Waals surface area contributed by atoms with Crippen LogP contribution in [0, 0.1) is 41.4 Å². The van der Waals surface area contributed by atoms with Gasteiger partial charge in [-0.25, -0.2) is 0 Å². The van der Waals surface area contributed by atoms with E-state index in [0.717, 1.165) is 19.3 Å². The number of fused-ring (bicyclic) bond motifs is 1. The Balaban J connectivity index is 2.00. The third kappa shape index (κ3) is 2.87. The molecule has 2 nitrogen and oxygen atoms in total. The number of carbonyl (C=O) groups excluding carboxylic acids is 1. The zero-order valence-corrected chi connectivity index (χ0v) is 16.4. The molecule has 1 saturated carbocycles. The molecule has 2 bridgehead atoms. The maximum atomic E-state index is 12.7. The Hall–Kier alpha value is -0.0600. The molecule has 0 aromatic carbocycles. The van der Waals surface area contributed by atoms with Crippen LogP contribution >= 0.6 is 22.6 Å². The van der Waals surface area contributed by atoms with Gasteiger partial charge in [0.1, 0.15) is 6.10 Å². The number of alkyl halides is 1. The van der Waals surface area contributed by atoms with E-state index in [4.69, 9.17) is 4.74 Å². The number of rotatable bonds is 3. The van der Waals surface area contributed by atoms with E-state index in [1.54, 1.807) is 0 Å². The summed E-state index contributed by atoms with van der Waals surface area (Å²) in [6, 6.07) is 0. The van der Waals surface area contributed by atoms with Gasteiger partial charge >= 0.3 is 5.97 Å². The van der Waals surface area contributed by atoms with Gasteiger partial charge in [-0.2, -0.15) is 0 Å². The lowest BCUT2D eigenvalue weighted by molar-refractivity contribution is -0.156. The van der Waals surface area contributed by atoms with Gasteiger partial charge in [0.25, 0.3) is 0 Å². The van der Waals surface area contributed by atoms with Gasteiger partial charge in [0.15, 0.2) is 0 Å². The predicted molar refractivity (Wildman–Crippen MR) is 97.8 cm³/mol. The topological polar surface area (TPSA) is 26.3 Å². The average Bonchev–Trinajstić information content (AvgIpc) is 2.57. The molecule has 1 aliphatic heterocycles. The molecule has 124 valence electrons. The van der Waals surface area contributed by atoms with Gasteiger partial charge in [-0.1, -0.05) is 55.0 Å². The van der Waals surface area contributed by atoms with Crippen LogP contribution in [0.5, 0.6) is 0 Å². The molecule has 3 heteroatoms. The molecule has 0 spiro atoms. The highest BCUT2D eigenvalue weighted by molar-refractivity contribution is 14.1. The van der Waals surface area contributed by atoms with E-state index in [1.807, 2.05) is 0 Å². The second-order valence-corrected chi connectivity index (χ2v) is 9.10. The number of ether oxygens (including phenoxy) is 1. The Morgan fingerprint density at radius 3 is 2.64 bits per heavy atom. The molecule has 3 rings (SSSR count). The first-order valence-electron chi connectivity index (χ1n) is 8.86. The summed E-state index contributed by atoms with van der Waals surface area (Å²) in [5.74, 6) is 3.75. The molecule has 0 N–H and O–H groups in total. The quantitative estimate of drug-likeness (QED) is 0.284. The highest BCUT2D eigenvalue weighted by Crippen LogP contribution is 2.53. The number of hydrogen-bond acceptors (Lipinski definition) is 2. The van der Waals surface area contributed by atoms with Gasteiger partial charge in [0.05, 0.1) is 5.92 Å². The van der Waals surface area contributed by atoms with Gasteiger partial charge in [0.2, 0.25) is 0 Å². The SMILES string of the molecule is CC1=C[C@@H]2[C@H]([C@H](C)CI)C[C@H]3C[C@@H]2[C@@H](C1)[C@@H](C(C)C)C(=O)O3. The van der Waals surface area contributed by atoms with Crippen LogP contribution < -0.4 is 0 Å². The lowest BCUT2D eigenvalue weighted by Crippen LogP contribution is -2.43. The summed E-state index contributed by atoms with van der Waals surface area (Å²) >= 11 is 2.51. The molecule has 1 heterocycles. The fraction of sp³-hybridized carbons (Fsp3) is 0.842. The third-order valence-electron chi connectivity index (χ3n) is 6.35. The summed E-state index contributed by atoms with van der Waals surface area (Å²) in [6.45, 7) is 9.02. The molecule has 0 unspecified atom stereocenters. The van der Waals surface area contributed by atoms with Crippen LogP contribution in [0.25, 0.3) is 0 Å². The number of hydrogen-bond donors (Lipinski definition) is 0. The van der Waals surface area contributed by atoms with Crippen LogP contribution in [-0.4, -0.2) is 16.5 Å². The minimum Gasteiger partial charge on any atom is -0.462 e. The second kappa shape index (κ2) is 6.45. The minimum atomic E-state index is 0.0868. The van der Waals surface area contributed by atoms with Crippen molar-refractivity contribution >= 4 is 28.6 Å². The summed E-state index contributed by atoms with van der Waals surface area (Å²) in [6.07, 6.45) is 5.98. The molecule has 7 atom stereocenters. The molecule has 22 heavy (non-hydrogen) atoms. The number of allylic oxidation sites excluding steroid dienone is 2. The van der Waals surface area contributed by atoms with E-state index in [-0.39, 0.29) is 18.0 Å². The average molecular weight is 416 g/mol. The molecule has 2 aliphatic carbocycles. The molecular weight excluding hydrogens is 387 g/mol. The van der Waals surface area contributed by atoms with Crippen LogP contribution in [0.4, 0.5) is 0 Å². The van der Waals surface area contributed by atoms with Crippen LogP contribution in [0.15, 0.2) is 11.6 Å². The molecule has 0 amide bonds. The molecule has 2 fully saturated rings. The second-order valence-electron chi connectivity index (χ2n) is 8.22. The summed E-state index contributed by atoms with van der Waals surface area (Å²) in [5, 5.41) is 0. The largest absolute Gasteiger partial charge is 0.462 e. The van der Waals surface area contributed by atoms with Gasteiger partial charge in [-0.15, -0.1) is 0 Å². The lowest BCUT2D eigenvalue weighted by atomic mass is 9.57. The standard InChI is InChI=1S/C19H29IO2/c1-10(2)18-17-6-11(3)5-15-14(12(4)9-20)7-13(8-16(15)17)22-19(18)21/h5,10,12-18H,6-9H2,1-4H3/t12-,13+,14+,15-,16+,17-,18-/m1/s1. The number of esters is 1. The summed E-state index contributed by atoms with van der Waals surface area (Å²) in [4.78, 5) is 12.7. The van der Waals surface area contributed by atoms with E-state index in [9.17, 15) is 4.79 Å². The van der Waals surface area contributed by atoms with E-state index < -0.39 is 0 Å². The molecule has 0 aromatic rings. The van der Waals surface area contributed by atoms with E-state index in [2.05, 4.69) is 56.4 Å². The zero-order chi connectivity index (χ0) is 16.0. The van der Waals surface area contributed by atoms with Crippen molar-refractivity contribution in [3.8, 4) is 0 Å². The van der Waals surface area contributed by atoms with Crippen LogP contribution in [0.2, 0.25) is 0 Å². The van der Waals surface area contributed by atoms with Crippen LogP contribution in [0.1, 0.15) is 47.0 Å². The lowest BCUT2D eigenvalue weighted by Gasteiger charge is -2.47. The first kappa shape index (κ1) is 16.8. The molecule has 0 aromatic heterocycles. The van der Waals surface area contributed by atoms with E-state index >= 15 is 0 Å². The molecular formula is C19H29IO2. The Kier molecular flexibility index (Phi) is 4.92. The number of carbonyl (C=O) groups is 1. The van der Waals surface area contributed by atoms with Gasteiger partial charge < -0.3 is 4.74 Å². The molecule has 0 radical (unpaired) electrons. The Morgan fingerprint density at radius 2 is 2.00 bits per heavy atom. The van der Waals surface area contributed by atoms with Gasteiger partial charge in [0, 0.05) is 4.43 Å². The summed E-state index contributed by atoms with van der Waals surface area (Å²) < 4.78 is 7.15. The first-order chi connectivity index (χ1) is 10.4. The van der Waals surface area contributed by atoms with Crippen molar-refractivity contribution in [1.29, 1.82) is 0 Å². The van der Waals surface area contributed by atoms with Crippen molar-refractivity contribution in [3.63, 3.8) is 0 Å².